The highest BCUT2D eigenvalue weighted by atomic mass is 35.5. The zero-order valence-corrected chi connectivity index (χ0v) is 12.4. The van der Waals surface area contributed by atoms with Crippen molar-refractivity contribution in [2.24, 2.45) is 0 Å². The summed E-state index contributed by atoms with van der Waals surface area (Å²) in [6, 6.07) is 5.66. The van der Waals surface area contributed by atoms with Crippen LogP contribution in [0, 0.1) is 0 Å². The van der Waals surface area contributed by atoms with Gasteiger partial charge in [-0.15, -0.1) is 11.6 Å². The largest absolute Gasteiger partial charge is 0.405 e. The molecule has 0 amide bonds. The lowest BCUT2D eigenvalue weighted by Crippen LogP contribution is -2.36. The molecule has 1 aromatic carbocycles. The van der Waals surface area contributed by atoms with E-state index in [1.165, 1.54) is 31.2 Å². The lowest BCUT2D eigenvalue weighted by molar-refractivity contribution is -0.119. The molecular formula is C12H15ClF3NO2S. The SMILES string of the molecule is CCS(=O)(=O)c1ccccc1N(CCCl)CC(F)(F)F. The molecule has 0 fully saturated rings. The summed E-state index contributed by atoms with van der Waals surface area (Å²) in [5.74, 6) is -0.207. The van der Waals surface area contributed by atoms with Crippen molar-refractivity contribution >= 4 is 27.1 Å². The Labute approximate surface area is 121 Å². The van der Waals surface area contributed by atoms with Gasteiger partial charge in [0.2, 0.25) is 0 Å². The molecule has 3 nitrogen and oxygen atoms in total. The highest BCUT2D eigenvalue weighted by molar-refractivity contribution is 7.91. The third-order valence-electron chi connectivity index (χ3n) is 2.65. The Kier molecular flexibility index (Phi) is 5.70. The van der Waals surface area contributed by atoms with E-state index in [-0.39, 0.29) is 28.8 Å². The highest BCUT2D eigenvalue weighted by Gasteiger charge is 2.32. The molecule has 8 heteroatoms. The summed E-state index contributed by atoms with van der Waals surface area (Å²) in [7, 11) is -3.60. The van der Waals surface area contributed by atoms with Crippen LogP contribution < -0.4 is 4.90 Å². The standard InChI is InChI=1S/C12H15ClF3NO2S/c1-2-20(18,19)11-6-4-3-5-10(11)17(8-7-13)9-12(14,15)16/h3-6H,2,7-9H2,1H3. The second-order valence-corrected chi connectivity index (χ2v) is 6.72. The predicted octanol–water partition coefficient (Wildman–Crippen LogP) is 3.09. The summed E-state index contributed by atoms with van der Waals surface area (Å²) >= 11 is 5.52. The fraction of sp³-hybridized carbons (Fsp3) is 0.500. The number of alkyl halides is 4. The van der Waals surface area contributed by atoms with Crippen LogP contribution in [0.1, 0.15) is 6.92 Å². The fourth-order valence-corrected chi connectivity index (χ4v) is 3.06. The molecule has 1 aromatic rings. The van der Waals surface area contributed by atoms with E-state index < -0.39 is 22.6 Å². The van der Waals surface area contributed by atoms with Crippen LogP contribution in [0.25, 0.3) is 0 Å². The van der Waals surface area contributed by atoms with Gasteiger partial charge in [0.15, 0.2) is 9.84 Å². The van der Waals surface area contributed by atoms with Crippen molar-refractivity contribution in [1.29, 1.82) is 0 Å². The minimum atomic E-state index is -4.44. The van der Waals surface area contributed by atoms with Crippen LogP contribution in [0.3, 0.4) is 0 Å². The van der Waals surface area contributed by atoms with Crippen molar-refractivity contribution in [3.05, 3.63) is 24.3 Å². The second-order valence-electron chi connectivity index (χ2n) is 4.10. The quantitative estimate of drug-likeness (QED) is 0.753. The van der Waals surface area contributed by atoms with Crippen molar-refractivity contribution in [3.63, 3.8) is 0 Å². The summed E-state index contributed by atoms with van der Waals surface area (Å²) in [5, 5.41) is 0. The summed E-state index contributed by atoms with van der Waals surface area (Å²) in [4.78, 5) is 0.840. The maximum absolute atomic E-state index is 12.6. The van der Waals surface area contributed by atoms with E-state index in [9.17, 15) is 21.6 Å². The minimum Gasteiger partial charge on any atom is -0.360 e. The number of anilines is 1. The molecule has 0 saturated carbocycles. The van der Waals surface area contributed by atoms with Crippen LogP contribution in [-0.4, -0.2) is 39.3 Å². The summed E-state index contributed by atoms with van der Waals surface area (Å²) < 4.78 is 61.7. The lowest BCUT2D eigenvalue weighted by atomic mass is 10.3. The molecule has 0 radical (unpaired) electrons. The van der Waals surface area contributed by atoms with Crippen LogP contribution >= 0.6 is 11.6 Å². The molecule has 0 aliphatic carbocycles. The van der Waals surface area contributed by atoms with Crippen LogP contribution in [0.5, 0.6) is 0 Å². The summed E-state index contributed by atoms with van der Waals surface area (Å²) in [6.07, 6.45) is -4.44. The first-order valence-electron chi connectivity index (χ1n) is 5.90. The number of hydrogen-bond acceptors (Lipinski definition) is 3. The number of halogens is 4. The first-order chi connectivity index (χ1) is 9.21. The van der Waals surface area contributed by atoms with Gasteiger partial charge in [-0.3, -0.25) is 0 Å². The van der Waals surface area contributed by atoms with Gasteiger partial charge in [0.1, 0.15) is 6.54 Å². The lowest BCUT2D eigenvalue weighted by Gasteiger charge is -2.27. The minimum absolute atomic E-state index is 0.0312. The highest BCUT2D eigenvalue weighted by Crippen LogP contribution is 2.29. The van der Waals surface area contributed by atoms with Gasteiger partial charge in [0.05, 0.1) is 16.3 Å². The first-order valence-corrected chi connectivity index (χ1v) is 8.09. The van der Waals surface area contributed by atoms with Crippen molar-refractivity contribution < 1.29 is 21.6 Å². The van der Waals surface area contributed by atoms with E-state index in [0.29, 0.717) is 0 Å². The fourth-order valence-electron chi connectivity index (χ4n) is 1.74. The molecule has 0 heterocycles. The molecule has 0 bridgehead atoms. The van der Waals surface area contributed by atoms with Gasteiger partial charge >= 0.3 is 6.18 Å². The van der Waals surface area contributed by atoms with E-state index in [2.05, 4.69) is 0 Å². The number of hydrogen-bond donors (Lipinski definition) is 0. The molecule has 0 unspecified atom stereocenters. The summed E-state index contributed by atoms with van der Waals surface area (Å²) in [5.41, 5.74) is 0.0346. The van der Waals surface area contributed by atoms with Gasteiger partial charge in [-0.2, -0.15) is 13.2 Å². The molecule has 0 aliphatic rings. The molecule has 0 N–H and O–H groups in total. The molecule has 20 heavy (non-hydrogen) atoms. The Morgan fingerprint density at radius 2 is 1.85 bits per heavy atom. The third-order valence-corrected chi connectivity index (χ3v) is 4.59. The van der Waals surface area contributed by atoms with Gasteiger partial charge < -0.3 is 4.90 Å². The number of benzene rings is 1. The molecule has 0 atom stereocenters. The molecule has 0 aromatic heterocycles. The van der Waals surface area contributed by atoms with E-state index in [0.717, 1.165) is 4.90 Å². The molecule has 114 valence electrons. The number of para-hydroxylation sites is 1. The van der Waals surface area contributed by atoms with E-state index >= 15 is 0 Å². The molecule has 0 aliphatic heterocycles. The first kappa shape index (κ1) is 17.1. The number of sulfone groups is 1. The Morgan fingerprint density at radius 3 is 2.35 bits per heavy atom. The maximum Gasteiger partial charge on any atom is 0.405 e. The zero-order chi connectivity index (χ0) is 15.4. The molecule has 0 saturated heterocycles. The second kappa shape index (κ2) is 6.67. The number of rotatable bonds is 6. The Morgan fingerprint density at radius 1 is 1.25 bits per heavy atom. The topological polar surface area (TPSA) is 37.4 Å². The smallest absolute Gasteiger partial charge is 0.360 e. The Balaban J connectivity index is 3.27. The van der Waals surface area contributed by atoms with Gasteiger partial charge in [-0.05, 0) is 12.1 Å². The van der Waals surface area contributed by atoms with E-state index in [4.69, 9.17) is 11.6 Å². The molecule has 0 spiro atoms. The average molecular weight is 330 g/mol. The van der Waals surface area contributed by atoms with Crippen molar-refractivity contribution in [2.75, 3.05) is 29.6 Å². The van der Waals surface area contributed by atoms with Crippen LogP contribution in [-0.2, 0) is 9.84 Å². The van der Waals surface area contributed by atoms with Gasteiger partial charge in [-0.1, -0.05) is 19.1 Å². The Hall–Kier alpha value is -0.950. The summed E-state index contributed by atoms with van der Waals surface area (Å²) in [6.45, 7) is 0.120. The predicted molar refractivity (Wildman–Crippen MR) is 73.2 cm³/mol. The maximum atomic E-state index is 12.6. The average Bonchev–Trinajstić information content (AvgIpc) is 2.37. The van der Waals surface area contributed by atoms with Gasteiger partial charge in [0, 0.05) is 12.4 Å². The van der Waals surface area contributed by atoms with Crippen LogP contribution in [0.2, 0.25) is 0 Å². The normalized spacial score (nSPS) is 12.4. The zero-order valence-electron chi connectivity index (χ0n) is 10.8. The van der Waals surface area contributed by atoms with Crippen LogP contribution in [0.15, 0.2) is 29.2 Å². The van der Waals surface area contributed by atoms with Crippen molar-refractivity contribution in [3.8, 4) is 0 Å². The van der Waals surface area contributed by atoms with Gasteiger partial charge in [-0.25, -0.2) is 8.42 Å². The third kappa shape index (κ3) is 4.56. The molecular weight excluding hydrogens is 315 g/mol. The number of nitrogens with zero attached hydrogens (tertiary/aromatic N) is 1. The van der Waals surface area contributed by atoms with Crippen LogP contribution in [0.4, 0.5) is 18.9 Å². The van der Waals surface area contributed by atoms with E-state index in [1.807, 2.05) is 0 Å². The van der Waals surface area contributed by atoms with Gasteiger partial charge in [0.25, 0.3) is 0 Å². The monoisotopic (exact) mass is 329 g/mol. The Bertz CT molecular complexity index is 546. The van der Waals surface area contributed by atoms with E-state index in [1.54, 1.807) is 0 Å². The molecule has 1 rings (SSSR count). The van der Waals surface area contributed by atoms with Crippen molar-refractivity contribution in [2.45, 2.75) is 18.0 Å². The van der Waals surface area contributed by atoms with Crippen molar-refractivity contribution in [1.82, 2.24) is 0 Å².